The number of benzene rings is 1. The second-order valence-corrected chi connectivity index (χ2v) is 5.60. The summed E-state index contributed by atoms with van der Waals surface area (Å²) in [6.07, 6.45) is 3.64. The van der Waals surface area contributed by atoms with E-state index < -0.39 is 0 Å². The molecule has 1 amide bonds. The fraction of sp³-hybridized carbons (Fsp3) is 0.214. The first-order chi connectivity index (χ1) is 10.1. The molecule has 21 heavy (non-hydrogen) atoms. The van der Waals surface area contributed by atoms with E-state index in [1.54, 1.807) is 24.3 Å². The molecule has 7 heteroatoms. The molecule has 0 spiro atoms. The van der Waals surface area contributed by atoms with Crippen LogP contribution in [0.15, 0.2) is 30.6 Å². The van der Waals surface area contributed by atoms with Crippen LogP contribution < -0.4 is 10.6 Å². The molecule has 0 aliphatic heterocycles. The molecule has 3 rings (SSSR count). The van der Waals surface area contributed by atoms with Crippen molar-refractivity contribution in [1.82, 2.24) is 9.97 Å². The summed E-state index contributed by atoms with van der Waals surface area (Å²) >= 11 is 11.7. The molecule has 2 aromatic rings. The lowest BCUT2D eigenvalue weighted by Crippen LogP contribution is -2.15. The molecule has 0 radical (unpaired) electrons. The van der Waals surface area contributed by atoms with Crippen LogP contribution in [0.25, 0.3) is 0 Å². The number of anilines is 2. The number of nitrogens with zero attached hydrogens (tertiary/aromatic N) is 2. The van der Waals surface area contributed by atoms with Crippen molar-refractivity contribution in [3.8, 4) is 0 Å². The normalized spacial score (nSPS) is 13.8. The SMILES string of the molecule is O=C(Nc1ccc(Cl)c(Cl)c1)c1cc(NC2CC2)ncn1. The van der Waals surface area contributed by atoms with Crippen LogP contribution in [0.5, 0.6) is 0 Å². The lowest BCUT2D eigenvalue weighted by molar-refractivity contribution is 0.102. The molecule has 0 saturated heterocycles. The Balaban J connectivity index is 1.73. The van der Waals surface area contributed by atoms with Crippen molar-refractivity contribution >= 4 is 40.6 Å². The van der Waals surface area contributed by atoms with Gasteiger partial charge in [0.1, 0.15) is 17.8 Å². The number of amides is 1. The van der Waals surface area contributed by atoms with Gasteiger partial charge in [-0.15, -0.1) is 0 Å². The molecule has 1 aliphatic rings. The highest BCUT2D eigenvalue weighted by molar-refractivity contribution is 6.42. The van der Waals surface area contributed by atoms with Gasteiger partial charge in [0.15, 0.2) is 0 Å². The molecule has 0 atom stereocenters. The predicted octanol–water partition coefficient (Wildman–Crippen LogP) is 3.61. The number of hydrogen-bond donors (Lipinski definition) is 2. The smallest absolute Gasteiger partial charge is 0.274 e. The van der Waals surface area contributed by atoms with Gasteiger partial charge >= 0.3 is 0 Å². The molecule has 0 unspecified atom stereocenters. The van der Waals surface area contributed by atoms with Crippen molar-refractivity contribution in [3.63, 3.8) is 0 Å². The molecule has 1 fully saturated rings. The molecule has 108 valence electrons. The summed E-state index contributed by atoms with van der Waals surface area (Å²) in [5, 5.41) is 6.76. The molecular formula is C14H12Cl2N4O. The van der Waals surface area contributed by atoms with Gasteiger partial charge in [0.05, 0.1) is 10.0 Å². The minimum absolute atomic E-state index is 0.291. The first-order valence-electron chi connectivity index (χ1n) is 6.47. The summed E-state index contributed by atoms with van der Waals surface area (Å²) in [6, 6.07) is 6.99. The first kappa shape index (κ1) is 14.1. The third-order valence-electron chi connectivity index (χ3n) is 3.01. The summed E-state index contributed by atoms with van der Waals surface area (Å²) in [7, 11) is 0. The third kappa shape index (κ3) is 3.62. The van der Waals surface area contributed by atoms with Gasteiger partial charge in [0, 0.05) is 17.8 Å². The summed E-state index contributed by atoms with van der Waals surface area (Å²) in [5.41, 5.74) is 0.851. The highest BCUT2D eigenvalue weighted by Gasteiger charge is 2.21. The summed E-state index contributed by atoms with van der Waals surface area (Å²) in [4.78, 5) is 20.2. The van der Waals surface area contributed by atoms with Crippen molar-refractivity contribution in [1.29, 1.82) is 0 Å². The van der Waals surface area contributed by atoms with Crippen LogP contribution >= 0.6 is 23.2 Å². The fourth-order valence-electron chi connectivity index (χ4n) is 1.77. The number of halogens is 2. The maximum Gasteiger partial charge on any atom is 0.274 e. The van der Waals surface area contributed by atoms with Gasteiger partial charge in [-0.05, 0) is 31.0 Å². The zero-order chi connectivity index (χ0) is 14.8. The highest BCUT2D eigenvalue weighted by atomic mass is 35.5. The van der Waals surface area contributed by atoms with Crippen molar-refractivity contribution in [2.24, 2.45) is 0 Å². The monoisotopic (exact) mass is 322 g/mol. The average molecular weight is 323 g/mol. The number of aromatic nitrogens is 2. The zero-order valence-electron chi connectivity index (χ0n) is 10.9. The minimum Gasteiger partial charge on any atom is -0.367 e. The Kier molecular flexibility index (Phi) is 3.94. The Morgan fingerprint density at radius 2 is 1.95 bits per heavy atom. The topological polar surface area (TPSA) is 66.9 Å². The van der Waals surface area contributed by atoms with Crippen molar-refractivity contribution in [2.75, 3.05) is 10.6 Å². The second-order valence-electron chi connectivity index (χ2n) is 4.79. The molecule has 5 nitrogen and oxygen atoms in total. The van der Waals surface area contributed by atoms with Crippen molar-refractivity contribution < 1.29 is 4.79 Å². The number of hydrogen-bond acceptors (Lipinski definition) is 4. The van der Waals surface area contributed by atoms with Gasteiger partial charge in [0.25, 0.3) is 5.91 Å². The number of carbonyl (C=O) groups is 1. The maximum atomic E-state index is 12.2. The van der Waals surface area contributed by atoms with E-state index in [0.29, 0.717) is 33.3 Å². The van der Waals surface area contributed by atoms with Crippen LogP contribution in [0.3, 0.4) is 0 Å². The summed E-state index contributed by atoms with van der Waals surface area (Å²) in [6.45, 7) is 0. The second kappa shape index (κ2) is 5.87. The lowest BCUT2D eigenvalue weighted by atomic mass is 10.3. The van der Waals surface area contributed by atoms with Gasteiger partial charge in [-0.25, -0.2) is 9.97 Å². The third-order valence-corrected chi connectivity index (χ3v) is 3.75. The van der Waals surface area contributed by atoms with Crippen LogP contribution in [0, 0.1) is 0 Å². The van der Waals surface area contributed by atoms with E-state index in [-0.39, 0.29) is 5.91 Å². The molecule has 1 aromatic heterocycles. The van der Waals surface area contributed by atoms with Crippen LogP contribution in [0.2, 0.25) is 10.0 Å². The summed E-state index contributed by atoms with van der Waals surface area (Å²) < 4.78 is 0. The number of rotatable bonds is 4. The molecule has 2 N–H and O–H groups in total. The van der Waals surface area contributed by atoms with E-state index in [1.165, 1.54) is 6.33 Å². The standard InChI is InChI=1S/C14H12Cl2N4O/c15-10-4-3-9(5-11(10)16)20-14(21)12-6-13(18-7-17-12)19-8-1-2-8/h3-8H,1-2H2,(H,20,21)(H,17,18,19). The van der Waals surface area contributed by atoms with Crippen LogP contribution in [-0.2, 0) is 0 Å². The Morgan fingerprint density at radius 1 is 1.14 bits per heavy atom. The van der Waals surface area contributed by atoms with Gasteiger partial charge in [-0.1, -0.05) is 23.2 Å². The fourth-order valence-corrected chi connectivity index (χ4v) is 2.06. The Bertz CT molecular complexity index is 688. The minimum atomic E-state index is -0.324. The van der Waals surface area contributed by atoms with Gasteiger partial charge in [-0.2, -0.15) is 0 Å². The Labute approximate surface area is 131 Å². The molecule has 1 aromatic carbocycles. The van der Waals surface area contributed by atoms with E-state index in [4.69, 9.17) is 23.2 Å². The van der Waals surface area contributed by atoms with Gasteiger partial charge in [-0.3, -0.25) is 4.79 Å². The summed E-state index contributed by atoms with van der Waals surface area (Å²) in [5.74, 6) is 0.335. The largest absolute Gasteiger partial charge is 0.367 e. The van der Waals surface area contributed by atoms with E-state index in [2.05, 4.69) is 20.6 Å². The Hall–Kier alpha value is -1.85. The van der Waals surface area contributed by atoms with Crippen molar-refractivity contribution in [3.05, 3.63) is 46.3 Å². The van der Waals surface area contributed by atoms with Crippen molar-refractivity contribution in [2.45, 2.75) is 18.9 Å². The average Bonchev–Trinajstić information content (AvgIpc) is 3.27. The quantitative estimate of drug-likeness (QED) is 0.902. The van der Waals surface area contributed by atoms with Crippen LogP contribution in [-0.4, -0.2) is 21.9 Å². The van der Waals surface area contributed by atoms with Gasteiger partial charge in [0.2, 0.25) is 0 Å². The Morgan fingerprint density at radius 3 is 2.67 bits per heavy atom. The van der Waals surface area contributed by atoms with E-state index in [0.717, 1.165) is 12.8 Å². The van der Waals surface area contributed by atoms with Crippen LogP contribution in [0.1, 0.15) is 23.3 Å². The molecule has 1 saturated carbocycles. The maximum absolute atomic E-state index is 12.2. The number of nitrogens with one attached hydrogen (secondary N) is 2. The molecule has 1 heterocycles. The lowest BCUT2D eigenvalue weighted by Gasteiger charge is -2.07. The molecule has 1 aliphatic carbocycles. The van der Waals surface area contributed by atoms with Crippen LogP contribution in [0.4, 0.5) is 11.5 Å². The number of carbonyl (C=O) groups excluding carboxylic acids is 1. The first-order valence-corrected chi connectivity index (χ1v) is 7.22. The van der Waals surface area contributed by atoms with E-state index in [1.807, 2.05) is 0 Å². The zero-order valence-corrected chi connectivity index (χ0v) is 12.4. The molecular weight excluding hydrogens is 311 g/mol. The van der Waals surface area contributed by atoms with E-state index in [9.17, 15) is 4.79 Å². The van der Waals surface area contributed by atoms with Gasteiger partial charge < -0.3 is 10.6 Å². The predicted molar refractivity (Wildman–Crippen MR) is 83.1 cm³/mol. The molecule has 0 bridgehead atoms. The highest BCUT2D eigenvalue weighted by Crippen LogP contribution is 2.26. The van der Waals surface area contributed by atoms with E-state index >= 15 is 0 Å².